The molecular weight excluding hydrogens is 385 g/mol. The molecule has 1 aromatic carbocycles. The number of halogens is 2. The lowest BCUT2D eigenvalue weighted by molar-refractivity contribution is 0.0926. The quantitative estimate of drug-likeness (QED) is 0.759. The summed E-state index contributed by atoms with van der Waals surface area (Å²) >= 11 is 0. The molecule has 1 fully saturated rings. The van der Waals surface area contributed by atoms with Crippen LogP contribution < -0.4 is 16.0 Å². The second-order valence-corrected chi connectivity index (χ2v) is 6.85. The molecule has 8 heteroatoms. The second kappa shape index (κ2) is 9.24. The number of carbonyl (C=O) groups is 1. The average molecular weight is 410 g/mol. The number of amides is 1. The number of aryl methyl sites for hydroxylation is 1. The summed E-state index contributed by atoms with van der Waals surface area (Å²) in [4.78, 5) is 14.8. The Balaban J connectivity index is 0.00000131. The number of hydrogen-bond acceptors (Lipinski definition) is 5. The van der Waals surface area contributed by atoms with Crippen LogP contribution in [0.4, 0.5) is 11.5 Å². The van der Waals surface area contributed by atoms with Crippen molar-refractivity contribution in [1.82, 2.24) is 15.5 Å². The van der Waals surface area contributed by atoms with Crippen LogP contribution in [0.25, 0.3) is 0 Å². The highest BCUT2D eigenvalue weighted by molar-refractivity contribution is 5.92. The highest BCUT2D eigenvalue weighted by atomic mass is 35.5. The van der Waals surface area contributed by atoms with Crippen molar-refractivity contribution in [2.45, 2.75) is 38.1 Å². The Labute approximate surface area is 171 Å². The van der Waals surface area contributed by atoms with E-state index in [-0.39, 0.29) is 36.8 Å². The molecule has 1 aromatic heterocycles. The first-order chi connectivity index (χ1) is 12.2. The number of nitrogen functional groups attached to an aromatic ring is 1. The van der Waals surface area contributed by atoms with E-state index in [1.165, 1.54) is 18.4 Å². The predicted octanol–water partition coefficient (Wildman–Crippen LogP) is 3.31. The summed E-state index contributed by atoms with van der Waals surface area (Å²) in [7, 11) is 0. The normalized spacial score (nSPS) is 18.1. The third-order valence-electron chi connectivity index (χ3n) is 5.10. The number of rotatable bonds is 3. The molecule has 2 aromatic rings. The van der Waals surface area contributed by atoms with E-state index in [0.717, 1.165) is 49.4 Å². The van der Waals surface area contributed by atoms with E-state index in [4.69, 9.17) is 5.73 Å². The van der Waals surface area contributed by atoms with E-state index < -0.39 is 0 Å². The number of nitrogens with one attached hydrogen (secondary N) is 1. The van der Waals surface area contributed by atoms with Gasteiger partial charge in [-0.15, -0.1) is 35.0 Å². The highest BCUT2D eigenvalue weighted by Gasteiger charge is 2.23. The summed E-state index contributed by atoms with van der Waals surface area (Å²) in [5.41, 5.74) is 9.41. The maximum absolute atomic E-state index is 12.6. The molecule has 0 bridgehead atoms. The van der Waals surface area contributed by atoms with Crippen molar-refractivity contribution in [2.75, 3.05) is 23.7 Å². The molecule has 1 unspecified atom stereocenters. The van der Waals surface area contributed by atoms with E-state index >= 15 is 0 Å². The first-order valence-electron chi connectivity index (χ1n) is 8.98. The van der Waals surface area contributed by atoms with E-state index in [1.54, 1.807) is 6.07 Å². The van der Waals surface area contributed by atoms with E-state index in [9.17, 15) is 4.79 Å². The molecule has 1 amide bonds. The van der Waals surface area contributed by atoms with E-state index in [0.29, 0.717) is 5.69 Å². The molecule has 27 heavy (non-hydrogen) atoms. The van der Waals surface area contributed by atoms with Gasteiger partial charge in [0.25, 0.3) is 5.91 Å². The third kappa shape index (κ3) is 4.62. The Morgan fingerprint density at radius 1 is 1.07 bits per heavy atom. The van der Waals surface area contributed by atoms with Crippen LogP contribution in [0.15, 0.2) is 30.3 Å². The molecule has 2 aliphatic rings. The van der Waals surface area contributed by atoms with Crippen molar-refractivity contribution in [3.05, 3.63) is 47.2 Å². The van der Waals surface area contributed by atoms with Gasteiger partial charge in [0.05, 0.1) is 6.04 Å². The van der Waals surface area contributed by atoms with Gasteiger partial charge >= 0.3 is 0 Å². The lowest BCUT2D eigenvalue weighted by atomic mass is 9.87. The van der Waals surface area contributed by atoms with Gasteiger partial charge in [0.2, 0.25) is 0 Å². The smallest absolute Gasteiger partial charge is 0.272 e. The second-order valence-electron chi connectivity index (χ2n) is 6.85. The predicted molar refractivity (Wildman–Crippen MR) is 112 cm³/mol. The zero-order chi connectivity index (χ0) is 17.2. The van der Waals surface area contributed by atoms with Crippen molar-refractivity contribution in [3.63, 3.8) is 0 Å². The fourth-order valence-corrected chi connectivity index (χ4v) is 3.78. The minimum absolute atomic E-state index is 0. The molecule has 2 heterocycles. The SMILES string of the molecule is Cl.Cl.Nc1ccc2c(c1)CCCC2NC(=O)c1ccc(N2CCCC2)nn1. The van der Waals surface area contributed by atoms with Gasteiger partial charge in [-0.25, -0.2) is 0 Å². The number of carbonyl (C=O) groups excluding carboxylic acids is 1. The Morgan fingerprint density at radius 2 is 1.85 bits per heavy atom. The third-order valence-corrected chi connectivity index (χ3v) is 5.10. The van der Waals surface area contributed by atoms with Crippen molar-refractivity contribution in [1.29, 1.82) is 0 Å². The minimum Gasteiger partial charge on any atom is -0.399 e. The number of fused-ring (bicyclic) bond motifs is 1. The summed E-state index contributed by atoms with van der Waals surface area (Å²) in [5.74, 6) is 0.683. The Kier molecular flexibility index (Phi) is 7.27. The maximum Gasteiger partial charge on any atom is 0.272 e. The molecular formula is C19H25Cl2N5O. The average Bonchev–Trinajstić information content (AvgIpc) is 3.16. The van der Waals surface area contributed by atoms with Gasteiger partial charge < -0.3 is 16.0 Å². The molecule has 1 saturated heterocycles. The highest BCUT2D eigenvalue weighted by Crippen LogP contribution is 2.31. The van der Waals surface area contributed by atoms with Crippen molar-refractivity contribution >= 4 is 42.2 Å². The van der Waals surface area contributed by atoms with Gasteiger partial charge in [-0.3, -0.25) is 4.79 Å². The van der Waals surface area contributed by atoms with Crippen LogP contribution in [0.3, 0.4) is 0 Å². The number of aromatic nitrogens is 2. The standard InChI is InChI=1S/C19H23N5O.2ClH/c20-14-6-7-15-13(12-14)4-3-5-16(15)21-19(25)17-8-9-18(23-22-17)24-10-1-2-11-24;;/h6-9,12,16H,1-5,10-11,20H2,(H,21,25);2*1H. The van der Waals surface area contributed by atoms with Crippen LogP contribution in [0.1, 0.15) is 53.3 Å². The molecule has 0 radical (unpaired) electrons. The monoisotopic (exact) mass is 409 g/mol. The zero-order valence-electron chi connectivity index (χ0n) is 15.1. The van der Waals surface area contributed by atoms with Gasteiger partial charge in [-0.1, -0.05) is 6.07 Å². The topological polar surface area (TPSA) is 84.1 Å². The number of anilines is 2. The van der Waals surface area contributed by atoms with Crippen molar-refractivity contribution in [2.24, 2.45) is 0 Å². The zero-order valence-corrected chi connectivity index (χ0v) is 16.7. The Hall–Kier alpha value is -2.05. The number of hydrogen-bond donors (Lipinski definition) is 2. The number of nitrogens with two attached hydrogens (primary N) is 1. The summed E-state index contributed by atoms with van der Waals surface area (Å²) in [5, 5.41) is 11.5. The molecule has 146 valence electrons. The largest absolute Gasteiger partial charge is 0.399 e. The molecule has 6 nitrogen and oxygen atoms in total. The Morgan fingerprint density at radius 3 is 2.56 bits per heavy atom. The minimum atomic E-state index is -0.171. The molecule has 0 saturated carbocycles. The lowest BCUT2D eigenvalue weighted by Gasteiger charge is -2.26. The van der Waals surface area contributed by atoms with E-state index in [1.807, 2.05) is 24.3 Å². The molecule has 1 aliphatic carbocycles. The molecule has 4 rings (SSSR count). The number of nitrogens with zero attached hydrogens (tertiary/aromatic N) is 3. The summed E-state index contributed by atoms with van der Waals surface area (Å²) in [6, 6.07) is 9.60. The summed E-state index contributed by atoms with van der Waals surface area (Å²) in [6.45, 7) is 2.03. The summed E-state index contributed by atoms with van der Waals surface area (Å²) in [6.07, 6.45) is 5.37. The van der Waals surface area contributed by atoms with Crippen LogP contribution >= 0.6 is 24.8 Å². The number of benzene rings is 1. The first kappa shape index (κ1) is 21.3. The van der Waals surface area contributed by atoms with Crippen LogP contribution in [0, 0.1) is 0 Å². The van der Waals surface area contributed by atoms with E-state index in [2.05, 4.69) is 20.4 Å². The molecule has 1 atom stereocenters. The van der Waals surface area contributed by atoms with Crippen LogP contribution in [0.2, 0.25) is 0 Å². The van der Waals surface area contributed by atoms with Crippen molar-refractivity contribution in [3.8, 4) is 0 Å². The van der Waals surface area contributed by atoms with Crippen LogP contribution in [-0.2, 0) is 6.42 Å². The lowest BCUT2D eigenvalue weighted by Crippen LogP contribution is -2.32. The first-order valence-corrected chi connectivity index (χ1v) is 8.98. The fourth-order valence-electron chi connectivity index (χ4n) is 3.78. The fraction of sp³-hybridized carbons (Fsp3) is 0.421. The van der Waals surface area contributed by atoms with Gasteiger partial charge in [-0.2, -0.15) is 0 Å². The van der Waals surface area contributed by atoms with Gasteiger partial charge in [0.15, 0.2) is 11.5 Å². The van der Waals surface area contributed by atoms with Gasteiger partial charge in [0.1, 0.15) is 0 Å². The van der Waals surface area contributed by atoms with Crippen molar-refractivity contribution < 1.29 is 4.79 Å². The van der Waals surface area contributed by atoms with Gasteiger partial charge in [-0.05, 0) is 67.5 Å². The molecule has 0 spiro atoms. The van der Waals surface area contributed by atoms with Crippen LogP contribution in [0.5, 0.6) is 0 Å². The van der Waals surface area contributed by atoms with Crippen LogP contribution in [-0.4, -0.2) is 29.2 Å². The maximum atomic E-state index is 12.6. The Bertz CT molecular complexity index is 778. The molecule has 3 N–H and O–H groups in total. The summed E-state index contributed by atoms with van der Waals surface area (Å²) < 4.78 is 0. The van der Waals surface area contributed by atoms with Gasteiger partial charge in [0, 0.05) is 18.8 Å². The molecule has 1 aliphatic heterocycles.